The van der Waals surface area contributed by atoms with E-state index in [9.17, 15) is 10.1 Å². The van der Waals surface area contributed by atoms with Crippen molar-refractivity contribution in [1.29, 1.82) is 5.26 Å². The number of nitriles is 1. The van der Waals surface area contributed by atoms with Crippen LogP contribution in [0.1, 0.15) is 48.5 Å². The lowest BCUT2D eigenvalue weighted by Crippen LogP contribution is -2.22. The van der Waals surface area contributed by atoms with Crippen LogP contribution in [0.25, 0.3) is 10.7 Å². The van der Waals surface area contributed by atoms with Gasteiger partial charge in [-0.1, -0.05) is 17.8 Å². The van der Waals surface area contributed by atoms with E-state index >= 15 is 0 Å². The number of thiophene rings is 1. The van der Waals surface area contributed by atoms with Gasteiger partial charge in [0.1, 0.15) is 11.9 Å². The fraction of sp³-hybridized carbons (Fsp3) is 0.478. The molecule has 172 valence electrons. The number of nitrogens with zero attached hydrogens (tertiary/aromatic N) is 5. The molecule has 5 rings (SSSR count). The Balaban J connectivity index is 1.32. The van der Waals surface area contributed by atoms with Gasteiger partial charge in [-0.05, 0) is 56.5 Å². The summed E-state index contributed by atoms with van der Waals surface area (Å²) in [6, 6.07) is 6.73. The third-order valence-corrected chi connectivity index (χ3v) is 8.07. The fourth-order valence-electron chi connectivity index (χ4n) is 4.26. The van der Waals surface area contributed by atoms with E-state index < -0.39 is 0 Å². The van der Waals surface area contributed by atoms with Crippen molar-refractivity contribution < 1.29 is 9.53 Å². The molecule has 0 bridgehead atoms. The standard InChI is InChI=1S/C23H26N6O2S2/c1-14-15(2)28(12-17-5-3-9-31-17)21(18(14)11-24)25-20(30)13-33-23-27-26-22(19-6-4-10-32-19)29(23)16-7-8-16/h4,6,10,16-17H,3,5,7-9,12-13H2,1-2H3,(H,25,30)/t17-/m1/s1. The summed E-state index contributed by atoms with van der Waals surface area (Å²) < 4.78 is 9.98. The first kappa shape index (κ1) is 22.2. The van der Waals surface area contributed by atoms with E-state index in [0.29, 0.717) is 24.0 Å². The summed E-state index contributed by atoms with van der Waals surface area (Å²) in [6.45, 7) is 5.31. The third-order valence-electron chi connectivity index (χ3n) is 6.26. The molecule has 4 heterocycles. The molecule has 1 aliphatic heterocycles. The molecular formula is C23H26N6O2S2. The van der Waals surface area contributed by atoms with Crippen molar-refractivity contribution >= 4 is 34.8 Å². The average Bonchev–Trinajstić information content (AvgIpc) is 3.22. The van der Waals surface area contributed by atoms with Gasteiger partial charge in [0.25, 0.3) is 0 Å². The SMILES string of the molecule is Cc1c(C#N)c(NC(=O)CSc2nnc(-c3cccs3)n2C2CC2)n(C[C@H]2CCCO2)c1C. The minimum absolute atomic E-state index is 0.111. The predicted octanol–water partition coefficient (Wildman–Crippen LogP) is 4.54. The third kappa shape index (κ3) is 4.45. The molecule has 1 amide bonds. The molecule has 2 fully saturated rings. The van der Waals surface area contributed by atoms with Gasteiger partial charge in [-0.15, -0.1) is 21.5 Å². The molecular weight excluding hydrogens is 456 g/mol. The van der Waals surface area contributed by atoms with Crippen LogP contribution in [0.4, 0.5) is 5.82 Å². The zero-order chi connectivity index (χ0) is 22.9. The van der Waals surface area contributed by atoms with E-state index in [-0.39, 0.29) is 17.8 Å². The second-order valence-corrected chi connectivity index (χ2v) is 10.4. The molecule has 3 aromatic rings. The fourth-order valence-corrected chi connectivity index (χ4v) is 5.77. The van der Waals surface area contributed by atoms with Crippen molar-refractivity contribution in [2.45, 2.75) is 63.4 Å². The molecule has 0 spiro atoms. The molecule has 1 saturated heterocycles. The Morgan fingerprint density at radius 2 is 2.21 bits per heavy atom. The van der Waals surface area contributed by atoms with Crippen LogP contribution < -0.4 is 5.32 Å². The van der Waals surface area contributed by atoms with Crippen LogP contribution in [0.3, 0.4) is 0 Å². The summed E-state index contributed by atoms with van der Waals surface area (Å²) in [4.78, 5) is 14.0. The monoisotopic (exact) mass is 482 g/mol. The van der Waals surface area contributed by atoms with Crippen LogP contribution >= 0.6 is 23.1 Å². The number of carbonyl (C=O) groups is 1. The lowest BCUT2D eigenvalue weighted by molar-refractivity contribution is -0.113. The summed E-state index contributed by atoms with van der Waals surface area (Å²) in [5.41, 5.74) is 2.40. The molecule has 8 nitrogen and oxygen atoms in total. The molecule has 0 aromatic carbocycles. The molecule has 0 radical (unpaired) electrons. The smallest absolute Gasteiger partial charge is 0.235 e. The Kier molecular flexibility index (Phi) is 6.27. The van der Waals surface area contributed by atoms with Crippen LogP contribution in [0.5, 0.6) is 0 Å². The number of aromatic nitrogens is 4. The summed E-state index contributed by atoms with van der Waals surface area (Å²) in [6.07, 6.45) is 4.36. The maximum atomic E-state index is 13.0. The summed E-state index contributed by atoms with van der Waals surface area (Å²) in [5, 5.41) is 24.3. The van der Waals surface area contributed by atoms with E-state index in [1.807, 2.05) is 35.9 Å². The number of rotatable bonds is 8. The van der Waals surface area contributed by atoms with Crippen LogP contribution in [0.2, 0.25) is 0 Å². The van der Waals surface area contributed by atoms with Crippen LogP contribution in [-0.4, -0.2) is 43.7 Å². The second kappa shape index (κ2) is 9.33. The van der Waals surface area contributed by atoms with Crippen molar-refractivity contribution in [3.8, 4) is 16.8 Å². The normalized spacial score (nSPS) is 17.9. The van der Waals surface area contributed by atoms with Gasteiger partial charge in [0, 0.05) is 18.3 Å². The highest BCUT2D eigenvalue weighted by molar-refractivity contribution is 7.99. The Bertz CT molecular complexity index is 1200. The molecule has 2 aliphatic rings. The van der Waals surface area contributed by atoms with Gasteiger partial charge in [-0.2, -0.15) is 5.26 Å². The Hall–Kier alpha value is -2.61. The van der Waals surface area contributed by atoms with Crippen molar-refractivity contribution in [3.63, 3.8) is 0 Å². The number of thioether (sulfide) groups is 1. The molecule has 1 atom stereocenters. The number of ether oxygens (including phenoxy) is 1. The Labute approximate surface area is 201 Å². The topological polar surface area (TPSA) is 97.8 Å². The van der Waals surface area contributed by atoms with E-state index in [0.717, 1.165) is 59.4 Å². The highest BCUT2D eigenvalue weighted by atomic mass is 32.2. The Morgan fingerprint density at radius 3 is 2.88 bits per heavy atom. The number of carbonyl (C=O) groups excluding carboxylic acids is 1. The highest BCUT2D eigenvalue weighted by Gasteiger charge is 2.31. The summed E-state index contributed by atoms with van der Waals surface area (Å²) >= 11 is 3.03. The number of hydrogen-bond donors (Lipinski definition) is 1. The molecule has 33 heavy (non-hydrogen) atoms. The van der Waals surface area contributed by atoms with Gasteiger partial charge in [-0.25, -0.2) is 0 Å². The highest BCUT2D eigenvalue weighted by Crippen LogP contribution is 2.41. The zero-order valence-corrected chi connectivity index (χ0v) is 20.3. The lowest BCUT2D eigenvalue weighted by atomic mass is 10.2. The largest absolute Gasteiger partial charge is 0.376 e. The molecule has 3 aromatic heterocycles. The van der Waals surface area contributed by atoms with Gasteiger partial charge < -0.3 is 14.6 Å². The molecule has 1 aliphatic carbocycles. The first-order chi connectivity index (χ1) is 16.1. The minimum Gasteiger partial charge on any atom is -0.376 e. The predicted molar refractivity (Wildman–Crippen MR) is 129 cm³/mol. The first-order valence-electron chi connectivity index (χ1n) is 11.2. The van der Waals surface area contributed by atoms with Crippen molar-refractivity contribution in [3.05, 3.63) is 34.3 Å². The maximum Gasteiger partial charge on any atom is 0.235 e. The zero-order valence-electron chi connectivity index (χ0n) is 18.7. The van der Waals surface area contributed by atoms with Crippen molar-refractivity contribution in [1.82, 2.24) is 19.3 Å². The van der Waals surface area contributed by atoms with Crippen molar-refractivity contribution in [2.75, 3.05) is 17.7 Å². The molecule has 1 N–H and O–H groups in total. The lowest BCUT2D eigenvalue weighted by Gasteiger charge is -2.17. The van der Waals surface area contributed by atoms with Gasteiger partial charge in [0.2, 0.25) is 5.91 Å². The van der Waals surface area contributed by atoms with Crippen LogP contribution in [0.15, 0.2) is 22.7 Å². The summed E-state index contributed by atoms with van der Waals surface area (Å²) in [5.74, 6) is 1.48. The molecule has 1 saturated carbocycles. The number of anilines is 1. The average molecular weight is 483 g/mol. The Morgan fingerprint density at radius 1 is 1.36 bits per heavy atom. The van der Waals surface area contributed by atoms with Crippen LogP contribution in [0, 0.1) is 25.2 Å². The van der Waals surface area contributed by atoms with Gasteiger partial charge in [-0.3, -0.25) is 9.36 Å². The second-order valence-electron chi connectivity index (χ2n) is 8.51. The number of amides is 1. The van der Waals surface area contributed by atoms with Gasteiger partial charge in [0.15, 0.2) is 11.0 Å². The van der Waals surface area contributed by atoms with Gasteiger partial charge >= 0.3 is 0 Å². The maximum absolute atomic E-state index is 13.0. The van der Waals surface area contributed by atoms with E-state index in [4.69, 9.17) is 4.74 Å². The van der Waals surface area contributed by atoms with E-state index in [2.05, 4.69) is 26.2 Å². The van der Waals surface area contributed by atoms with Crippen molar-refractivity contribution in [2.24, 2.45) is 0 Å². The summed E-state index contributed by atoms with van der Waals surface area (Å²) in [7, 11) is 0. The molecule has 0 unspecified atom stereocenters. The molecule has 10 heteroatoms. The first-order valence-corrected chi connectivity index (χ1v) is 13.1. The van der Waals surface area contributed by atoms with E-state index in [1.165, 1.54) is 11.8 Å². The minimum atomic E-state index is -0.161. The quantitative estimate of drug-likeness (QED) is 0.473. The van der Waals surface area contributed by atoms with E-state index in [1.54, 1.807) is 11.3 Å². The van der Waals surface area contributed by atoms with Gasteiger partial charge in [0.05, 0.1) is 28.8 Å². The number of nitrogens with one attached hydrogen (secondary N) is 1. The number of hydrogen-bond acceptors (Lipinski definition) is 7. The van der Waals surface area contributed by atoms with Crippen LogP contribution in [-0.2, 0) is 16.1 Å².